The summed E-state index contributed by atoms with van der Waals surface area (Å²) in [4.78, 5) is 0. The lowest BCUT2D eigenvalue weighted by Gasteiger charge is -2.09. The SMILES string of the molecule is C.C.C.C.C.C.C.C.C.C.C.C.C.C.CC.CC.CC.CC.CC(C)C.CC(C)C.OCc1ccc2cc(CO)ccc2c1.OCc1ccc2cc(CO)ccc2c1.OCc1ccc2cc(Oc3ccc4cc(CO)ccc4c3)ccc2c1. The average molecular weight is 1170 g/mol. The van der Waals surface area contributed by atoms with E-state index in [1.807, 2.05) is 201 Å². The van der Waals surface area contributed by atoms with Gasteiger partial charge >= 0.3 is 0 Å². The zero-order valence-electron chi connectivity index (χ0n) is 44.3. The Labute approximate surface area is 518 Å². The Kier molecular flexibility index (Phi) is 96.2. The Morgan fingerprint density at radius 1 is 0.229 bits per heavy atom. The molecule has 0 fully saturated rings. The van der Waals surface area contributed by atoms with Gasteiger partial charge in [0, 0.05) is 0 Å². The number of ether oxygens (including phenoxy) is 1. The molecule has 8 rings (SSSR count). The second-order valence-electron chi connectivity index (χ2n) is 16.2. The maximum atomic E-state index is 9.23. The van der Waals surface area contributed by atoms with E-state index < -0.39 is 0 Å². The molecule has 0 unspecified atom stereocenters. The van der Waals surface area contributed by atoms with E-state index in [1.165, 1.54) is 0 Å². The first kappa shape index (κ1) is 116. The maximum absolute atomic E-state index is 9.23. The van der Waals surface area contributed by atoms with Crippen LogP contribution < -0.4 is 4.74 Å². The summed E-state index contributed by atoms with van der Waals surface area (Å²) in [5.41, 5.74) is 5.45. The highest BCUT2D eigenvalue weighted by Gasteiger charge is 2.04. The molecule has 7 nitrogen and oxygen atoms in total. The molecule has 0 aliphatic carbocycles. The predicted octanol–water partition coefficient (Wildman–Crippen LogP) is 24.8. The molecule has 0 spiro atoms. The van der Waals surface area contributed by atoms with Gasteiger partial charge in [0.15, 0.2) is 0 Å². The molecule has 8 aromatic carbocycles. The van der Waals surface area contributed by atoms with Gasteiger partial charge in [0.05, 0.1) is 39.6 Å². The van der Waals surface area contributed by atoms with E-state index in [0.29, 0.717) is 0 Å². The average Bonchev–Trinajstić information content (AvgIpc) is 3.40. The van der Waals surface area contributed by atoms with Gasteiger partial charge in [-0.15, -0.1) is 0 Å². The van der Waals surface area contributed by atoms with Crippen LogP contribution in [0.25, 0.3) is 43.1 Å². The lowest BCUT2D eigenvalue weighted by atomic mass is 10.0. The number of aliphatic hydroxyl groups excluding tert-OH is 6. The van der Waals surface area contributed by atoms with Crippen LogP contribution in [0.2, 0.25) is 0 Å². The number of aliphatic hydroxyl groups is 6. The molecule has 0 heterocycles. The van der Waals surface area contributed by atoms with Crippen LogP contribution in [0.1, 0.15) is 234 Å². The summed E-state index contributed by atoms with van der Waals surface area (Å²) in [7, 11) is 0. The van der Waals surface area contributed by atoms with Crippen LogP contribution in [0.4, 0.5) is 0 Å². The summed E-state index contributed by atoms with van der Waals surface area (Å²) in [6, 6.07) is 46.9. The van der Waals surface area contributed by atoms with Gasteiger partial charge in [0.2, 0.25) is 0 Å². The van der Waals surface area contributed by atoms with Crippen LogP contribution in [0.5, 0.6) is 11.5 Å². The standard InChI is InChI=1S/C22H18O3.2C12H12O2.2C4H10.4C2H6.14CH4/c23-13-15-1-3-19-11-21(7-5-17(19)9-15)25-22-8-6-18-10-16(14-24)2-4-20(18)12-22;2*13-7-9-1-3-11-6-10(8-14)2-4-12(11)5-9;2*1-4(2)3;4*1-2;;;;;;;;;;;;;;/h1-12,23-24H,13-14H2;2*1-6,13-14H,7-8H2;2*4H,1-3H3;4*1-2H3;14*1H4. The first-order chi connectivity index (χ1) is 33.4. The van der Waals surface area contributed by atoms with Crippen molar-refractivity contribution in [3.05, 3.63) is 179 Å². The fourth-order valence-electron chi connectivity index (χ4n) is 6.09. The van der Waals surface area contributed by atoms with E-state index in [1.54, 1.807) is 0 Å². The first-order valence-electron chi connectivity index (χ1n) is 24.8. The van der Waals surface area contributed by atoms with E-state index in [0.717, 1.165) is 99.8 Å². The molecular formula is C76H142O7. The molecule has 0 aliphatic rings. The summed E-state index contributed by atoms with van der Waals surface area (Å²) >= 11 is 0. The maximum Gasteiger partial charge on any atom is 0.128 e. The molecule has 0 atom stereocenters. The lowest BCUT2D eigenvalue weighted by Crippen LogP contribution is -1.87. The van der Waals surface area contributed by atoms with Crippen molar-refractivity contribution in [2.45, 2.75) is 241 Å². The van der Waals surface area contributed by atoms with Crippen LogP contribution in [0.15, 0.2) is 146 Å². The third-order valence-corrected chi connectivity index (χ3v) is 9.02. The molecule has 0 amide bonds. The summed E-state index contributed by atoms with van der Waals surface area (Å²) in [6.07, 6.45) is 0. The topological polar surface area (TPSA) is 131 Å². The third kappa shape index (κ3) is 43.6. The van der Waals surface area contributed by atoms with Crippen molar-refractivity contribution in [3.63, 3.8) is 0 Å². The lowest BCUT2D eigenvalue weighted by molar-refractivity contribution is 0.281. The van der Waals surface area contributed by atoms with E-state index in [-0.39, 0.29) is 144 Å². The van der Waals surface area contributed by atoms with Crippen molar-refractivity contribution in [2.75, 3.05) is 0 Å². The van der Waals surface area contributed by atoms with Crippen molar-refractivity contribution in [1.29, 1.82) is 0 Å². The van der Waals surface area contributed by atoms with Crippen molar-refractivity contribution >= 4 is 43.1 Å². The Bertz CT molecular complexity index is 2310. The molecule has 8 aromatic rings. The minimum atomic E-state index is 0. The Morgan fingerprint density at radius 3 is 0.482 bits per heavy atom. The fourth-order valence-corrected chi connectivity index (χ4v) is 6.09. The minimum Gasteiger partial charge on any atom is -0.457 e. The smallest absolute Gasteiger partial charge is 0.128 e. The number of benzene rings is 8. The van der Waals surface area contributed by atoms with Gasteiger partial charge in [-0.05, 0) is 149 Å². The zero-order chi connectivity index (χ0) is 52.3. The van der Waals surface area contributed by atoms with Crippen LogP contribution >= 0.6 is 0 Å². The quantitative estimate of drug-likeness (QED) is 0.0893. The van der Waals surface area contributed by atoms with E-state index in [2.05, 4.69) is 41.5 Å². The molecular weight excluding hydrogens is 1020 g/mol. The molecule has 0 aromatic heterocycles. The van der Waals surface area contributed by atoms with Crippen LogP contribution in [-0.4, -0.2) is 30.6 Å². The van der Waals surface area contributed by atoms with Gasteiger partial charge < -0.3 is 35.4 Å². The second-order valence-corrected chi connectivity index (χ2v) is 16.2. The minimum absolute atomic E-state index is 0. The first-order valence-corrected chi connectivity index (χ1v) is 24.8. The highest BCUT2D eigenvalue weighted by Crippen LogP contribution is 2.29. The highest BCUT2D eigenvalue weighted by atomic mass is 16.5. The van der Waals surface area contributed by atoms with Gasteiger partial charge in [-0.2, -0.15) is 0 Å². The van der Waals surface area contributed by atoms with Gasteiger partial charge in [-0.3, -0.25) is 0 Å². The summed E-state index contributed by atoms with van der Waals surface area (Å²) in [6.45, 7) is 29.4. The van der Waals surface area contributed by atoms with Crippen LogP contribution in [0, 0.1) is 11.8 Å². The van der Waals surface area contributed by atoms with E-state index in [4.69, 9.17) is 25.2 Å². The number of hydrogen-bond acceptors (Lipinski definition) is 7. The zero-order valence-corrected chi connectivity index (χ0v) is 44.3. The van der Waals surface area contributed by atoms with Crippen LogP contribution in [0.3, 0.4) is 0 Å². The molecule has 488 valence electrons. The molecule has 0 bridgehead atoms. The molecule has 83 heavy (non-hydrogen) atoms. The monoisotopic (exact) mass is 1170 g/mol. The van der Waals surface area contributed by atoms with Gasteiger partial charge in [-0.25, -0.2) is 0 Å². The molecule has 0 aliphatic heterocycles. The summed E-state index contributed by atoms with van der Waals surface area (Å²) in [5, 5.41) is 63.0. The van der Waals surface area contributed by atoms with Gasteiger partial charge in [-0.1, -0.05) is 286 Å². The van der Waals surface area contributed by atoms with Crippen molar-refractivity contribution in [3.8, 4) is 11.5 Å². The molecule has 7 heteroatoms. The Balaban J connectivity index is -0.0000000546. The molecule has 0 saturated heterocycles. The second kappa shape index (κ2) is 68.9. The third-order valence-electron chi connectivity index (χ3n) is 9.02. The molecule has 0 radical (unpaired) electrons. The number of hydrogen-bond donors (Lipinski definition) is 6. The fraction of sp³-hybridized carbons (Fsp3) is 0.474. The van der Waals surface area contributed by atoms with Crippen molar-refractivity contribution in [1.82, 2.24) is 0 Å². The van der Waals surface area contributed by atoms with Crippen molar-refractivity contribution < 1.29 is 35.4 Å². The van der Waals surface area contributed by atoms with E-state index >= 15 is 0 Å². The number of rotatable bonds is 8. The predicted molar refractivity (Wildman–Crippen MR) is 392 cm³/mol. The summed E-state index contributed by atoms with van der Waals surface area (Å²) < 4.78 is 6.01. The van der Waals surface area contributed by atoms with Crippen LogP contribution in [-0.2, 0) is 39.6 Å². The summed E-state index contributed by atoms with van der Waals surface area (Å²) in [5.74, 6) is 3.21. The van der Waals surface area contributed by atoms with E-state index in [9.17, 15) is 10.2 Å². The highest BCUT2D eigenvalue weighted by molar-refractivity contribution is 5.87. The van der Waals surface area contributed by atoms with Gasteiger partial charge in [0.1, 0.15) is 11.5 Å². The van der Waals surface area contributed by atoms with Crippen molar-refractivity contribution in [2.24, 2.45) is 11.8 Å². The Morgan fingerprint density at radius 2 is 0.349 bits per heavy atom. The largest absolute Gasteiger partial charge is 0.457 e. The van der Waals surface area contributed by atoms with Gasteiger partial charge in [0.25, 0.3) is 0 Å². The molecule has 6 N–H and O–H groups in total. The Hall–Kier alpha value is -5.64. The molecule has 0 saturated carbocycles. The number of fused-ring (bicyclic) bond motifs is 4. The normalized spacial score (nSPS) is 8.12.